The lowest BCUT2D eigenvalue weighted by molar-refractivity contribution is -0.121. The number of para-hydroxylation sites is 1. The number of rotatable bonds is 5. The minimum absolute atomic E-state index is 0.124. The minimum atomic E-state index is -0.735. The maximum absolute atomic E-state index is 13.7. The minimum Gasteiger partial charge on any atom is -0.350 e. The summed E-state index contributed by atoms with van der Waals surface area (Å²) < 4.78 is 27.7. The lowest BCUT2D eigenvalue weighted by Gasteiger charge is -2.11. The second kappa shape index (κ2) is 7.57. The third kappa shape index (κ3) is 4.02. The molecule has 0 aliphatic heterocycles. The number of hydrazone groups is 1. The molecule has 1 atom stereocenters. The number of nitrogens with one attached hydrogen (secondary N) is 2. The highest BCUT2D eigenvalue weighted by molar-refractivity contribution is 7.22. The van der Waals surface area contributed by atoms with E-state index >= 15 is 0 Å². The van der Waals surface area contributed by atoms with Gasteiger partial charge in [0.1, 0.15) is 17.7 Å². The quantitative estimate of drug-likeness (QED) is 0.526. The van der Waals surface area contributed by atoms with E-state index in [1.165, 1.54) is 24.3 Å². The van der Waals surface area contributed by atoms with Gasteiger partial charge in [-0.3, -0.25) is 4.79 Å². The van der Waals surface area contributed by atoms with Gasteiger partial charge < -0.3 is 5.32 Å². The molecule has 0 radical (unpaired) electrons. The molecule has 1 amide bonds. The first-order valence-electron chi connectivity index (χ1n) is 7.85. The van der Waals surface area contributed by atoms with Crippen LogP contribution in [0.1, 0.15) is 19.4 Å². The Morgan fingerprint density at radius 3 is 2.73 bits per heavy atom. The number of aromatic nitrogens is 1. The van der Waals surface area contributed by atoms with Crippen LogP contribution < -0.4 is 10.7 Å². The summed E-state index contributed by atoms with van der Waals surface area (Å²) in [6, 6.07) is 10.3. The smallest absolute Gasteiger partial charge is 0.262 e. The Bertz CT molecular complexity index is 953. The van der Waals surface area contributed by atoms with Gasteiger partial charge in [-0.15, -0.1) is 0 Å². The van der Waals surface area contributed by atoms with Crippen LogP contribution in [0.15, 0.2) is 47.6 Å². The van der Waals surface area contributed by atoms with Crippen molar-refractivity contribution in [2.75, 3.05) is 5.32 Å². The zero-order valence-electron chi connectivity index (χ0n) is 14.1. The maximum atomic E-state index is 13.7. The van der Waals surface area contributed by atoms with E-state index in [0.717, 1.165) is 22.3 Å². The molecule has 0 saturated carbocycles. The van der Waals surface area contributed by atoms with Crippen molar-refractivity contribution in [1.29, 1.82) is 0 Å². The van der Waals surface area contributed by atoms with Gasteiger partial charge in [0.25, 0.3) is 5.91 Å². The van der Waals surface area contributed by atoms with Crippen molar-refractivity contribution in [3.8, 4) is 0 Å². The Kier molecular flexibility index (Phi) is 5.22. The molecule has 2 aromatic carbocycles. The Morgan fingerprint density at radius 2 is 2.00 bits per heavy atom. The summed E-state index contributed by atoms with van der Waals surface area (Å²) >= 11 is 1.44. The van der Waals surface area contributed by atoms with Crippen LogP contribution in [0.4, 0.5) is 13.9 Å². The number of benzene rings is 2. The number of halogens is 2. The number of carbonyl (C=O) groups excluding carboxylic acids is 1. The molecular formula is C18H16F2N4OS. The van der Waals surface area contributed by atoms with E-state index in [2.05, 4.69) is 20.8 Å². The van der Waals surface area contributed by atoms with Crippen molar-refractivity contribution < 1.29 is 13.6 Å². The van der Waals surface area contributed by atoms with Crippen LogP contribution in [0.5, 0.6) is 0 Å². The number of amides is 1. The number of hydrogen-bond donors (Lipinski definition) is 2. The summed E-state index contributed by atoms with van der Waals surface area (Å²) in [6.07, 6.45) is 0. The van der Waals surface area contributed by atoms with Gasteiger partial charge in [0, 0.05) is 11.6 Å². The topological polar surface area (TPSA) is 66.4 Å². The highest BCUT2D eigenvalue weighted by Gasteiger charge is 2.15. The van der Waals surface area contributed by atoms with Gasteiger partial charge in [0.05, 0.1) is 15.9 Å². The zero-order chi connectivity index (χ0) is 18.7. The van der Waals surface area contributed by atoms with Gasteiger partial charge in [-0.05, 0) is 38.1 Å². The molecule has 134 valence electrons. The van der Waals surface area contributed by atoms with Crippen LogP contribution in [0.25, 0.3) is 10.2 Å². The predicted octanol–water partition coefficient (Wildman–Crippen LogP) is 3.92. The lowest BCUT2D eigenvalue weighted by Crippen LogP contribution is -2.35. The van der Waals surface area contributed by atoms with Crippen LogP contribution in [-0.4, -0.2) is 22.6 Å². The van der Waals surface area contributed by atoms with Crippen LogP contribution in [0.2, 0.25) is 0 Å². The number of nitrogens with zero attached hydrogens (tertiary/aromatic N) is 2. The molecule has 0 saturated heterocycles. The van der Waals surface area contributed by atoms with Crippen molar-refractivity contribution >= 4 is 38.3 Å². The molecule has 0 bridgehead atoms. The van der Waals surface area contributed by atoms with Crippen molar-refractivity contribution in [1.82, 2.24) is 10.4 Å². The first-order chi connectivity index (χ1) is 12.4. The third-order valence-corrected chi connectivity index (χ3v) is 4.65. The summed E-state index contributed by atoms with van der Waals surface area (Å²) in [7, 11) is 0. The van der Waals surface area contributed by atoms with Gasteiger partial charge in [-0.2, -0.15) is 5.10 Å². The van der Waals surface area contributed by atoms with Gasteiger partial charge in [0.15, 0.2) is 5.13 Å². The third-order valence-electron chi connectivity index (χ3n) is 3.68. The van der Waals surface area contributed by atoms with Crippen molar-refractivity contribution in [2.45, 2.75) is 19.9 Å². The average Bonchev–Trinajstić information content (AvgIpc) is 3.01. The van der Waals surface area contributed by atoms with Crippen LogP contribution in [0.3, 0.4) is 0 Å². The van der Waals surface area contributed by atoms with Crippen LogP contribution >= 0.6 is 11.3 Å². The van der Waals surface area contributed by atoms with Crippen molar-refractivity contribution in [2.24, 2.45) is 5.10 Å². The molecule has 3 rings (SSSR count). The molecular weight excluding hydrogens is 358 g/mol. The highest BCUT2D eigenvalue weighted by atomic mass is 32.1. The molecule has 1 heterocycles. The zero-order valence-corrected chi connectivity index (χ0v) is 14.9. The summed E-state index contributed by atoms with van der Waals surface area (Å²) in [5.74, 6) is -1.80. The van der Waals surface area contributed by atoms with E-state index in [0.29, 0.717) is 5.13 Å². The Hall–Kier alpha value is -2.87. The number of fused-ring (bicyclic) bond motifs is 1. The number of anilines is 1. The van der Waals surface area contributed by atoms with E-state index in [1.807, 2.05) is 24.3 Å². The van der Waals surface area contributed by atoms with Crippen molar-refractivity contribution in [3.63, 3.8) is 0 Å². The van der Waals surface area contributed by atoms with E-state index in [9.17, 15) is 13.6 Å². The second-order valence-electron chi connectivity index (χ2n) is 5.65. The first-order valence-corrected chi connectivity index (χ1v) is 8.67. The fourth-order valence-electron chi connectivity index (χ4n) is 2.26. The summed E-state index contributed by atoms with van der Waals surface area (Å²) in [5.41, 5.74) is 3.60. The number of hydrogen-bond acceptors (Lipinski definition) is 5. The van der Waals surface area contributed by atoms with Gasteiger partial charge >= 0.3 is 0 Å². The van der Waals surface area contributed by atoms with Gasteiger partial charge in [0.2, 0.25) is 0 Å². The molecule has 2 N–H and O–H groups in total. The Labute approximate surface area is 152 Å². The first kappa shape index (κ1) is 17.9. The molecule has 8 heteroatoms. The SMILES string of the molecule is C/C(=N/NC(=O)[C@H](C)Nc1nc2ccccc2s1)c1ccc(F)cc1F. The molecule has 26 heavy (non-hydrogen) atoms. The van der Waals surface area contributed by atoms with E-state index < -0.39 is 23.6 Å². The predicted molar refractivity (Wildman–Crippen MR) is 99.4 cm³/mol. The molecule has 0 fully saturated rings. The highest BCUT2D eigenvalue weighted by Crippen LogP contribution is 2.25. The molecule has 0 unspecified atom stereocenters. The molecule has 3 aromatic rings. The second-order valence-corrected chi connectivity index (χ2v) is 6.68. The normalized spacial score (nSPS) is 12.8. The molecule has 5 nitrogen and oxygen atoms in total. The average molecular weight is 374 g/mol. The van der Waals surface area contributed by atoms with Gasteiger partial charge in [-0.25, -0.2) is 19.2 Å². The fourth-order valence-corrected chi connectivity index (χ4v) is 3.22. The Balaban J connectivity index is 1.65. The summed E-state index contributed by atoms with van der Waals surface area (Å²) in [5, 5.41) is 7.53. The van der Waals surface area contributed by atoms with Gasteiger partial charge in [-0.1, -0.05) is 23.5 Å². The van der Waals surface area contributed by atoms with Crippen molar-refractivity contribution in [3.05, 3.63) is 59.7 Å². The van der Waals surface area contributed by atoms with E-state index in [-0.39, 0.29) is 11.3 Å². The number of thiazole rings is 1. The van der Waals surface area contributed by atoms with Crippen LogP contribution in [0, 0.1) is 11.6 Å². The van der Waals surface area contributed by atoms with Crippen LogP contribution in [-0.2, 0) is 4.79 Å². The summed E-state index contributed by atoms with van der Waals surface area (Å²) in [4.78, 5) is 16.6. The molecule has 0 aliphatic rings. The number of carbonyl (C=O) groups is 1. The maximum Gasteiger partial charge on any atom is 0.262 e. The van der Waals surface area contributed by atoms with E-state index in [4.69, 9.17) is 0 Å². The monoisotopic (exact) mass is 374 g/mol. The largest absolute Gasteiger partial charge is 0.350 e. The molecule has 1 aromatic heterocycles. The standard InChI is InChI=1S/C18H16F2N4OS/c1-10(13-8-7-12(19)9-14(13)20)23-24-17(25)11(2)21-18-22-15-5-3-4-6-16(15)26-18/h3-9,11H,1-2H3,(H,21,22)(H,24,25)/b23-10-/t11-/m0/s1. The molecule has 0 spiro atoms. The summed E-state index contributed by atoms with van der Waals surface area (Å²) in [6.45, 7) is 3.20. The fraction of sp³-hybridized carbons (Fsp3) is 0.167. The van der Waals surface area contributed by atoms with E-state index in [1.54, 1.807) is 6.92 Å². The molecule has 0 aliphatic carbocycles. The Morgan fingerprint density at radius 1 is 1.23 bits per heavy atom. The lowest BCUT2D eigenvalue weighted by atomic mass is 10.1.